The van der Waals surface area contributed by atoms with Crippen molar-refractivity contribution >= 4 is 23.4 Å². The number of halogens is 2. The van der Waals surface area contributed by atoms with Gasteiger partial charge in [-0.25, -0.2) is 9.37 Å². The summed E-state index contributed by atoms with van der Waals surface area (Å²) in [5, 5.41) is 1.47. The smallest absolute Gasteiger partial charge is 0.168 e. The first-order valence-corrected chi connectivity index (χ1v) is 10.8. The van der Waals surface area contributed by atoms with Crippen LogP contribution in [0, 0.1) is 17.7 Å². The van der Waals surface area contributed by atoms with Gasteiger partial charge in [0.2, 0.25) is 0 Å². The summed E-state index contributed by atoms with van der Waals surface area (Å²) in [4.78, 5) is 4.96. The number of thioether (sulfide) groups is 1. The Morgan fingerprint density at radius 3 is 2.42 bits per heavy atom. The highest BCUT2D eigenvalue weighted by Gasteiger charge is 2.19. The van der Waals surface area contributed by atoms with Crippen molar-refractivity contribution in [2.24, 2.45) is 11.8 Å². The van der Waals surface area contributed by atoms with Crippen LogP contribution in [0.3, 0.4) is 0 Å². The van der Waals surface area contributed by atoms with Gasteiger partial charge < -0.3 is 4.57 Å². The number of rotatable bonds is 9. The van der Waals surface area contributed by atoms with Gasteiger partial charge in [0.15, 0.2) is 5.16 Å². The zero-order valence-electron chi connectivity index (χ0n) is 16.5. The fourth-order valence-electron chi connectivity index (χ4n) is 3.05. The highest BCUT2D eigenvalue weighted by molar-refractivity contribution is 7.98. The number of nitrogens with zero attached hydrogens (tertiary/aromatic N) is 2. The van der Waals surface area contributed by atoms with Crippen molar-refractivity contribution in [3.05, 3.63) is 46.0 Å². The van der Waals surface area contributed by atoms with Crippen LogP contribution < -0.4 is 0 Å². The van der Waals surface area contributed by atoms with Gasteiger partial charge in [-0.15, -0.1) is 0 Å². The second-order valence-electron chi connectivity index (χ2n) is 7.62. The van der Waals surface area contributed by atoms with E-state index in [4.69, 9.17) is 16.6 Å². The predicted octanol–water partition coefficient (Wildman–Crippen LogP) is 6.77. The molecule has 0 aliphatic carbocycles. The van der Waals surface area contributed by atoms with Crippen LogP contribution in [0.5, 0.6) is 0 Å². The van der Waals surface area contributed by atoms with Crippen molar-refractivity contribution in [1.82, 2.24) is 9.55 Å². The molecule has 0 atom stereocenters. The molecule has 0 unspecified atom stereocenters. The van der Waals surface area contributed by atoms with E-state index in [1.54, 1.807) is 23.9 Å². The van der Waals surface area contributed by atoms with E-state index in [1.807, 2.05) is 0 Å². The molecular weight excluding hydrogens is 367 g/mol. The van der Waals surface area contributed by atoms with Crippen molar-refractivity contribution in [2.75, 3.05) is 0 Å². The maximum Gasteiger partial charge on any atom is 0.168 e. The third kappa shape index (κ3) is 5.50. The van der Waals surface area contributed by atoms with Crippen molar-refractivity contribution < 1.29 is 4.39 Å². The summed E-state index contributed by atoms with van der Waals surface area (Å²) in [7, 11) is 0. The molecule has 2 aromatic rings. The van der Waals surface area contributed by atoms with Crippen LogP contribution in [0.2, 0.25) is 5.02 Å². The molecule has 0 radical (unpaired) electrons. The van der Waals surface area contributed by atoms with Gasteiger partial charge in [-0.1, -0.05) is 64.0 Å². The summed E-state index contributed by atoms with van der Waals surface area (Å²) in [5.41, 5.74) is 3.10. The first kappa shape index (κ1) is 21.3. The Morgan fingerprint density at radius 2 is 1.85 bits per heavy atom. The molecule has 2 rings (SSSR count). The van der Waals surface area contributed by atoms with Gasteiger partial charge in [0.1, 0.15) is 5.82 Å². The first-order chi connectivity index (χ1) is 12.3. The molecule has 1 heterocycles. The Bertz CT molecular complexity index is 705. The summed E-state index contributed by atoms with van der Waals surface area (Å²) < 4.78 is 16.4. The number of hydrogen-bond donors (Lipinski definition) is 0. The van der Waals surface area contributed by atoms with E-state index < -0.39 is 0 Å². The summed E-state index contributed by atoms with van der Waals surface area (Å²) in [6.07, 6.45) is 3.05. The van der Waals surface area contributed by atoms with Gasteiger partial charge in [-0.3, -0.25) is 0 Å². The van der Waals surface area contributed by atoms with Crippen LogP contribution in [0.15, 0.2) is 23.4 Å². The first-order valence-electron chi connectivity index (χ1n) is 9.47. The number of benzene rings is 1. The van der Waals surface area contributed by atoms with E-state index in [0.717, 1.165) is 31.0 Å². The average molecular weight is 397 g/mol. The molecule has 144 valence electrons. The number of imidazole rings is 1. The van der Waals surface area contributed by atoms with Crippen LogP contribution >= 0.6 is 23.4 Å². The Labute approximate surface area is 166 Å². The molecule has 0 aliphatic heterocycles. The van der Waals surface area contributed by atoms with E-state index in [9.17, 15) is 4.39 Å². The molecule has 0 saturated heterocycles. The molecule has 0 N–H and O–H groups in total. The lowest BCUT2D eigenvalue weighted by molar-refractivity contribution is 0.546. The predicted molar refractivity (Wildman–Crippen MR) is 111 cm³/mol. The van der Waals surface area contributed by atoms with Crippen LogP contribution in [0.1, 0.15) is 58.0 Å². The molecule has 1 aromatic carbocycles. The maximum absolute atomic E-state index is 14.1. The quantitative estimate of drug-likeness (QED) is 0.435. The average Bonchev–Trinajstić information content (AvgIpc) is 2.83. The lowest BCUT2D eigenvalue weighted by atomic mass is 10.0. The van der Waals surface area contributed by atoms with E-state index in [2.05, 4.69) is 39.2 Å². The molecule has 26 heavy (non-hydrogen) atoms. The van der Waals surface area contributed by atoms with Gasteiger partial charge in [0.05, 0.1) is 5.69 Å². The van der Waals surface area contributed by atoms with Crippen LogP contribution in [0.25, 0.3) is 0 Å². The Kier molecular flexibility index (Phi) is 8.03. The largest absolute Gasteiger partial charge is 0.323 e. The maximum atomic E-state index is 14.1. The monoisotopic (exact) mass is 396 g/mol. The van der Waals surface area contributed by atoms with Crippen molar-refractivity contribution in [3.8, 4) is 0 Å². The van der Waals surface area contributed by atoms with Crippen LogP contribution in [-0.2, 0) is 25.1 Å². The minimum atomic E-state index is -0.247. The van der Waals surface area contributed by atoms with Crippen LogP contribution in [0.4, 0.5) is 4.39 Å². The molecule has 1 aromatic heterocycles. The third-order valence-corrected chi connectivity index (χ3v) is 5.54. The topological polar surface area (TPSA) is 17.8 Å². The molecule has 0 aliphatic rings. The van der Waals surface area contributed by atoms with E-state index >= 15 is 0 Å². The van der Waals surface area contributed by atoms with Gasteiger partial charge in [0, 0.05) is 28.6 Å². The number of hydrogen-bond acceptors (Lipinski definition) is 2. The third-order valence-electron chi connectivity index (χ3n) is 4.18. The Morgan fingerprint density at radius 1 is 1.15 bits per heavy atom. The van der Waals surface area contributed by atoms with Crippen molar-refractivity contribution in [2.45, 2.75) is 71.3 Å². The van der Waals surface area contributed by atoms with Crippen molar-refractivity contribution in [1.29, 1.82) is 0 Å². The lowest BCUT2D eigenvalue weighted by Gasteiger charge is -2.14. The van der Waals surface area contributed by atoms with E-state index in [1.165, 1.54) is 17.5 Å². The Hall–Kier alpha value is -1.00. The molecule has 0 spiro atoms. The highest BCUT2D eigenvalue weighted by atomic mass is 35.5. The molecule has 0 bridgehead atoms. The zero-order valence-corrected chi connectivity index (χ0v) is 18.1. The lowest BCUT2D eigenvalue weighted by Crippen LogP contribution is -2.09. The fraction of sp³-hybridized carbons (Fsp3) is 0.571. The summed E-state index contributed by atoms with van der Waals surface area (Å²) in [6.45, 7) is 12.1. The molecule has 0 saturated carbocycles. The van der Waals surface area contributed by atoms with E-state index in [0.29, 0.717) is 28.2 Å². The molecule has 5 heteroatoms. The molecular formula is C21H30ClFN2S. The second-order valence-corrected chi connectivity index (χ2v) is 8.97. The standard InChI is InChI=1S/C21H30ClFN2S/c1-6-10-25-20(12-15(4)5)19(11-14(2)3)24-21(25)26-13-16-17(22)8-7-9-18(16)23/h7-9,14-15H,6,10-13H2,1-5H3. The number of aromatic nitrogens is 2. The van der Waals surface area contributed by atoms with Crippen LogP contribution in [-0.4, -0.2) is 9.55 Å². The zero-order chi connectivity index (χ0) is 19.3. The summed E-state index contributed by atoms with van der Waals surface area (Å²) in [5.74, 6) is 1.38. The molecule has 0 fully saturated rings. The fourth-order valence-corrected chi connectivity index (χ4v) is 4.46. The second kappa shape index (κ2) is 9.80. The van der Waals surface area contributed by atoms with Gasteiger partial charge in [-0.2, -0.15) is 0 Å². The van der Waals surface area contributed by atoms with Gasteiger partial charge in [0.25, 0.3) is 0 Å². The highest BCUT2D eigenvalue weighted by Crippen LogP contribution is 2.31. The summed E-state index contributed by atoms with van der Waals surface area (Å²) in [6, 6.07) is 4.85. The van der Waals surface area contributed by atoms with E-state index in [-0.39, 0.29) is 5.82 Å². The van der Waals surface area contributed by atoms with Gasteiger partial charge in [-0.05, 0) is 43.2 Å². The minimum absolute atomic E-state index is 0.247. The molecule has 2 nitrogen and oxygen atoms in total. The molecule has 0 amide bonds. The summed E-state index contributed by atoms with van der Waals surface area (Å²) >= 11 is 7.78. The SMILES string of the molecule is CCCn1c(SCc2c(F)cccc2Cl)nc(CC(C)C)c1CC(C)C. The van der Waals surface area contributed by atoms with Crippen molar-refractivity contribution in [3.63, 3.8) is 0 Å². The Balaban J connectivity index is 2.35. The van der Waals surface area contributed by atoms with Gasteiger partial charge >= 0.3 is 0 Å². The minimum Gasteiger partial charge on any atom is -0.323 e. The normalized spacial score (nSPS) is 11.7.